The predicted molar refractivity (Wildman–Crippen MR) is 98.7 cm³/mol. The van der Waals surface area contributed by atoms with E-state index in [9.17, 15) is 0 Å². The Morgan fingerprint density at radius 1 is 0.522 bits per heavy atom. The summed E-state index contributed by atoms with van der Waals surface area (Å²) < 4.78 is 0. The summed E-state index contributed by atoms with van der Waals surface area (Å²) in [5.74, 6) is 0. The molecule has 0 heterocycles. The maximum atomic E-state index is 3.44. The molecule has 3 saturated carbocycles. The van der Waals surface area contributed by atoms with Crippen LogP contribution in [0.2, 0.25) is 0 Å². The zero-order valence-corrected chi connectivity index (χ0v) is 17.4. The zero-order valence-electron chi connectivity index (χ0n) is 15.8. The molecule has 0 nitrogen and oxygen atoms in total. The van der Waals surface area contributed by atoms with Crippen molar-refractivity contribution >= 4 is 0 Å². The van der Waals surface area contributed by atoms with E-state index in [1.165, 1.54) is 101 Å². The van der Waals surface area contributed by atoms with E-state index < -0.39 is 0 Å². The van der Waals surface area contributed by atoms with Gasteiger partial charge in [-0.3, -0.25) is 0 Å². The first-order valence-corrected chi connectivity index (χ1v) is 10.1. The van der Waals surface area contributed by atoms with Gasteiger partial charge in [-0.1, -0.05) is 90.9 Å². The first-order chi connectivity index (χ1) is 10.9. The molecule has 0 unspecified atom stereocenters. The van der Waals surface area contributed by atoms with Gasteiger partial charge in [-0.25, -0.2) is 0 Å². The fourth-order valence-electron chi connectivity index (χ4n) is 3.49. The van der Waals surface area contributed by atoms with Crippen LogP contribution in [0.15, 0.2) is 11.1 Å². The molecule has 0 bridgehead atoms. The van der Waals surface area contributed by atoms with Crippen LogP contribution in [0.25, 0.3) is 0 Å². The van der Waals surface area contributed by atoms with Gasteiger partial charge in [0.25, 0.3) is 0 Å². The third kappa shape index (κ3) is 12.2. The van der Waals surface area contributed by atoms with Crippen LogP contribution in [0, 0.1) is 12.2 Å². The average molecular weight is 350 g/mol. The summed E-state index contributed by atoms with van der Waals surface area (Å²) in [5, 5.41) is 0. The number of hydrogen-bond acceptors (Lipinski definition) is 0. The Morgan fingerprint density at radius 2 is 0.783 bits per heavy atom. The van der Waals surface area contributed by atoms with Gasteiger partial charge in [0, 0.05) is 0 Å². The van der Waals surface area contributed by atoms with Gasteiger partial charge in [0.2, 0.25) is 0 Å². The Kier molecular flexibility index (Phi) is 17.2. The second-order valence-electron chi connectivity index (χ2n) is 6.76. The van der Waals surface area contributed by atoms with Gasteiger partial charge in [-0.15, -0.1) is 25.7 Å². The third-order valence-corrected chi connectivity index (χ3v) is 4.75. The fraction of sp³-hybridized carbons (Fsp3) is 0.818. The molecule has 0 N–H and O–H groups in total. The summed E-state index contributed by atoms with van der Waals surface area (Å²) in [5.41, 5.74) is 2.90. The Hall–Kier alpha value is 0.194. The van der Waals surface area contributed by atoms with Gasteiger partial charge >= 0.3 is 21.7 Å². The van der Waals surface area contributed by atoms with Crippen LogP contribution in [0.4, 0.5) is 0 Å². The number of hydrogen-bond donors (Lipinski definition) is 0. The maximum Gasteiger partial charge on any atom is 4.00 e. The van der Waals surface area contributed by atoms with E-state index in [0.29, 0.717) is 0 Å². The first kappa shape index (κ1) is 23.2. The molecule has 1 heteroatoms. The normalized spacial score (nSPS) is 23.6. The van der Waals surface area contributed by atoms with Gasteiger partial charge in [0.15, 0.2) is 0 Å². The smallest absolute Gasteiger partial charge is 0.373 e. The summed E-state index contributed by atoms with van der Waals surface area (Å²) in [6.07, 6.45) is 29.1. The van der Waals surface area contributed by atoms with E-state index in [2.05, 4.69) is 26.0 Å². The molecule has 0 radical (unpaired) electrons. The molecule has 0 amide bonds. The average Bonchev–Trinajstić information content (AvgIpc) is 3.29. The molecule has 0 atom stereocenters. The summed E-state index contributed by atoms with van der Waals surface area (Å²) >= 11 is 0. The van der Waals surface area contributed by atoms with Crippen LogP contribution in [-0.2, 0) is 21.7 Å². The zero-order chi connectivity index (χ0) is 15.9. The van der Waals surface area contributed by atoms with Crippen LogP contribution in [0.1, 0.15) is 117 Å². The minimum atomic E-state index is 0. The number of allylic oxidation sites excluding steroid dienone is 4. The maximum absolute atomic E-state index is 3.44. The Bertz CT molecular complexity index is 259. The van der Waals surface area contributed by atoms with Crippen LogP contribution in [0.5, 0.6) is 0 Å². The van der Waals surface area contributed by atoms with Gasteiger partial charge in [0.1, 0.15) is 0 Å². The Balaban J connectivity index is 0.000000362. The van der Waals surface area contributed by atoms with Crippen LogP contribution in [-0.4, -0.2) is 0 Å². The molecule has 0 aromatic heterocycles. The standard InChI is InChI=1S/C12H18.2C5H10.Ti/c1-3-7-11-9-5-6-10-12(11)8-4-2;2*1-2-4-5-3-1;/h3-6,9-10H2,1-2H3;2*1-5H2;/q-2;;;+4. The minimum Gasteiger partial charge on any atom is -0.373 e. The van der Waals surface area contributed by atoms with Crippen molar-refractivity contribution in [2.24, 2.45) is 0 Å². The molecule has 23 heavy (non-hydrogen) atoms. The van der Waals surface area contributed by atoms with E-state index in [4.69, 9.17) is 0 Å². The minimum absolute atomic E-state index is 0. The molecule has 3 fully saturated rings. The third-order valence-electron chi connectivity index (χ3n) is 4.75. The van der Waals surface area contributed by atoms with Crippen molar-refractivity contribution in [3.63, 3.8) is 0 Å². The van der Waals surface area contributed by atoms with E-state index in [-0.39, 0.29) is 21.7 Å². The molecule has 128 valence electrons. The van der Waals surface area contributed by atoms with Gasteiger partial charge in [-0.2, -0.15) is 0 Å². The molecule has 0 saturated heterocycles. The van der Waals surface area contributed by atoms with E-state index in [1.54, 1.807) is 0 Å². The Labute approximate surface area is 161 Å². The second kappa shape index (κ2) is 17.0. The van der Waals surface area contributed by atoms with Crippen molar-refractivity contribution < 1.29 is 21.7 Å². The Morgan fingerprint density at radius 3 is 1.00 bits per heavy atom. The fourth-order valence-corrected chi connectivity index (χ4v) is 3.49. The quantitative estimate of drug-likeness (QED) is 0.353. The molecular weight excluding hydrogens is 312 g/mol. The molecule has 3 aliphatic carbocycles. The topological polar surface area (TPSA) is 0 Å². The summed E-state index contributed by atoms with van der Waals surface area (Å²) in [6.45, 7) is 4.32. The van der Waals surface area contributed by atoms with Crippen LogP contribution >= 0.6 is 0 Å². The van der Waals surface area contributed by atoms with Gasteiger partial charge < -0.3 is 23.3 Å². The van der Waals surface area contributed by atoms with Crippen molar-refractivity contribution in [1.82, 2.24) is 0 Å². The van der Waals surface area contributed by atoms with E-state index in [1.807, 2.05) is 0 Å². The summed E-state index contributed by atoms with van der Waals surface area (Å²) in [4.78, 5) is 0. The second-order valence-corrected chi connectivity index (χ2v) is 6.76. The molecule has 0 aliphatic heterocycles. The van der Waals surface area contributed by atoms with Crippen molar-refractivity contribution in [2.75, 3.05) is 0 Å². The largest absolute Gasteiger partial charge is 4.00 e. The molecule has 3 aliphatic rings. The molecule has 3 rings (SSSR count). The SMILES string of the molecule is C1CCCC1.C1CCCC1.CC[C-]=C1CCCCC1=[C-]CC.[Ti+4]. The van der Waals surface area contributed by atoms with E-state index >= 15 is 0 Å². The van der Waals surface area contributed by atoms with Crippen LogP contribution in [0.3, 0.4) is 0 Å². The van der Waals surface area contributed by atoms with Crippen molar-refractivity contribution in [2.45, 2.75) is 117 Å². The number of rotatable bonds is 2. The van der Waals surface area contributed by atoms with Crippen molar-refractivity contribution in [3.05, 3.63) is 23.3 Å². The summed E-state index contributed by atoms with van der Waals surface area (Å²) in [6, 6.07) is 0. The monoisotopic (exact) mass is 350 g/mol. The molecule has 0 spiro atoms. The molecule has 0 aromatic carbocycles. The van der Waals surface area contributed by atoms with Crippen LogP contribution < -0.4 is 0 Å². The van der Waals surface area contributed by atoms with E-state index in [0.717, 1.165) is 12.8 Å². The molecular formula is C22H38Ti+2. The van der Waals surface area contributed by atoms with Crippen molar-refractivity contribution in [3.8, 4) is 0 Å². The van der Waals surface area contributed by atoms with Gasteiger partial charge in [0.05, 0.1) is 0 Å². The van der Waals surface area contributed by atoms with Gasteiger partial charge in [-0.05, 0) is 0 Å². The first-order valence-electron chi connectivity index (χ1n) is 10.1. The molecule has 0 aromatic rings. The predicted octanol–water partition coefficient (Wildman–Crippen LogP) is 7.74. The summed E-state index contributed by atoms with van der Waals surface area (Å²) in [7, 11) is 0. The van der Waals surface area contributed by atoms with Crippen molar-refractivity contribution in [1.29, 1.82) is 0 Å².